The van der Waals surface area contributed by atoms with E-state index in [9.17, 15) is 17.6 Å². The third-order valence-electron chi connectivity index (χ3n) is 1.89. The quantitative estimate of drug-likeness (QED) is 0.581. The van der Waals surface area contributed by atoms with Gasteiger partial charge in [-0.25, -0.2) is 12.8 Å². The monoisotopic (exact) mass is 230 g/mol. The zero-order valence-corrected chi connectivity index (χ0v) is 9.00. The van der Waals surface area contributed by atoms with Crippen molar-refractivity contribution in [1.29, 1.82) is 0 Å². The molecular weight excluding hydrogens is 219 g/mol. The molecule has 1 aromatic rings. The average Bonchev–Trinajstić information content (AvgIpc) is 2.17. The molecule has 1 unspecified atom stereocenters. The zero-order valence-electron chi connectivity index (χ0n) is 8.18. The molecule has 0 aliphatic carbocycles. The summed E-state index contributed by atoms with van der Waals surface area (Å²) < 4.78 is 35.8. The van der Waals surface area contributed by atoms with Crippen LogP contribution in [0.25, 0.3) is 0 Å². The van der Waals surface area contributed by atoms with Crippen LogP contribution in [0.5, 0.6) is 0 Å². The molecule has 0 aliphatic heterocycles. The van der Waals surface area contributed by atoms with Gasteiger partial charge in [-0.1, -0.05) is 6.92 Å². The molecule has 3 nitrogen and oxygen atoms in total. The molecule has 0 aliphatic rings. The highest BCUT2D eigenvalue weighted by Gasteiger charge is 2.17. The Labute approximate surface area is 87.8 Å². The fourth-order valence-corrected chi connectivity index (χ4v) is 2.64. The maximum absolute atomic E-state index is 12.6. The van der Waals surface area contributed by atoms with E-state index in [4.69, 9.17) is 0 Å². The van der Waals surface area contributed by atoms with E-state index in [2.05, 4.69) is 0 Å². The highest BCUT2D eigenvalue weighted by Crippen LogP contribution is 2.13. The third-order valence-corrected chi connectivity index (χ3v) is 3.84. The summed E-state index contributed by atoms with van der Waals surface area (Å²) in [6.45, 7) is 1.52. The molecule has 82 valence electrons. The first-order valence-electron chi connectivity index (χ1n) is 4.39. The number of carbonyl (C=O) groups excluding carboxylic acids is 1. The number of sulfone groups is 1. The van der Waals surface area contributed by atoms with E-state index < -0.39 is 21.6 Å². The van der Waals surface area contributed by atoms with Gasteiger partial charge in [0.25, 0.3) is 0 Å². The van der Waals surface area contributed by atoms with Crippen molar-refractivity contribution in [2.24, 2.45) is 5.92 Å². The van der Waals surface area contributed by atoms with Crippen molar-refractivity contribution < 1.29 is 17.6 Å². The second-order valence-electron chi connectivity index (χ2n) is 3.35. The summed E-state index contributed by atoms with van der Waals surface area (Å²) in [5, 5.41) is 0. The molecule has 1 rings (SSSR count). The summed E-state index contributed by atoms with van der Waals surface area (Å²) in [6, 6.07) is 4.56. The van der Waals surface area contributed by atoms with Crippen LogP contribution in [0.1, 0.15) is 6.92 Å². The van der Waals surface area contributed by atoms with Gasteiger partial charge in [0.2, 0.25) is 0 Å². The van der Waals surface area contributed by atoms with Crippen LogP contribution in [-0.4, -0.2) is 20.5 Å². The van der Waals surface area contributed by atoms with E-state index in [1.54, 1.807) is 0 Å². The largest absolute Gasteiger partial charge is 0.303 e. The zero-order chi connectivity index (χ0) is 11.5. The summed E-state index contributed by atoms with van der Waals surface area (Å²) in [7, 11) is -3.49. The lowest BCUT2D eigenvalue weighted by atomic mass is 10.3. The maximum Gasteiger partial charge on any atom is 0.179 e. The molecule has 1 aromatic carbocycles. The number of halogens is 1. The highest BCUT2D eigenvalue weighted by molar-refractivity contribution is 7.91. The van der Waals surface area contributed by atoms with Gasteiger partial charge >= 0.3 is 0 Å². The Kier molecular flexibility index (Phi) is 3.57. The normalized spacial score (nSPS) is 13.5. The number of carbonyl (C=O) groups is 1. The average molecular weight is 230 g/mol. The van der Waals surface area contributed by atoms with Crippen molar-refractivity contribution in [2.75, 3.05) is 5.75 Å². The van der Waals surface area contributed by atoms with Gasteiger partial charge in [-0.15, -0.1) is 0 Å². The SMILES string of the molecule is CC(C=O)CS(=O)(=O)c1ccc(F)cc1. The van der Waals surface area contributed by atoms with Crippen LogP contribution < -0.4 is 0 Å². The third kappa shape index (κ3) is 3.13. The van der Waals surface area contributed by atoms with Gasteiger partial charge in [0.05, 0.1) is 10.6 Å². The van der Waals surface area contributed by atoms with Crippen LogP contribution in [0.15, 0.2) is 29.2 Å². The van der Waals surface area contributed by atoms with Gasteiger partial charge in [-0.3, -0.25) is 0 Å². The second-order valence-corrected chi connectivity index (χ2v) is 5.38. The van der Waals surface area contributed by atoms with Crippen LogP contribution in [0.3, 0.4) is 0 Å². The van der Waals surface area contributed by atoms with Crippen LogP contribution in [0, 0.1) is 11.7 Å². The van der Waals surface area contributed by atoms with Gasteiger partial charge in [0.15, 0.2) is 9.84 Å². The van der Waals surface area contributed by atoms with Crippen molar-refractivity contribution in [3.8, 4) is 0 Å². The number of hydrogen-bond donors (Lipinski definition) is 0. The van der Waals surface area contributed by atoms with E-state index in [1.165, 1.54) is 19.1 Å². The fourth-order valence-electron chi connectivity index (χ4n) is 1.12. The van der Waals surface area contributed by atoms with Crippen LogP contribution in [0.2, 0.25) is 0 Å². The highest BCUT2D eigenvalue weighted by atomic mass is 32.2. The summed E-state index contributed by atoms with van der Waals surface area (Å²) >= 11 is 0. The fraction of sp³-hybridized carbons (Fsp3) is 0.300. The first-order valence-corrected chi connectivity index (χ1v) is 6.04. The Hall–Kier alpha value is -1.23. The molecule has 5 heteroatoms. The van der Waals surface area contributed by atoms with Gasteiger partial charge < -0.3 is 4.79 Å². The first kappa shape index (κ1) is 11.8. The Morgan fingerprint density at radius 3 is 2.33 bits per heavy atom. The predicted molar refractivity (Wildman–Crippen MR) is 53.7 cm³/mol. The molecular formula is C10H11FO3S. The second kappa shape index (κ2) is 4.53. The molecule has 0 saturated heterocycles. The Bertz CT molecular complexity index is 436. The number of aldehydes is 1. The van der Waals surface area contributed by atoms with Crippen molar-refractivity contribution >= 4 is 16.1 Å². The molecule has 0 aromatic heterocycles. The molecule has 1 atom stereocenters. The minimum absolute atomic E-state index is 0.0394. The van der Waals surface area contributed by atoms with Crippen LogP contribution in [0.4, 0.5) is 4.39 Å². The predicted octanol–water partition coefficient (Wildman–Crippen LogP) is 1.43. The molecule has 0 heterocycles. The smallest absolute Gasteiger partial charge is 0.179 e. The molecule has 15 heavy (non-hydrogen) atoms. The van der Waals surface area contributed by atoms with Crippen molar-refractivity contribution in [1.82, 2.24) is 0 Å². The van der Waals surface area contributed by atoms with Crippen LogP contribution >= 0.6 is 0 Å². The van der Waals surface area contributed by atoms with E-state index in [0.717, 1.165) is 12.1 Å². The lowest BCUT2D eigenvalue weighted by molar-refractivity contribution is -0.110. The number of rotatable bonds is 4. The number of hydrogen-bond acceptors (Lipinski definition) is 3. The minimum Gasteiger partial charge on any atom is -0.303 e. The van der Waals surface area contributed by atoms with Gasteiger partial charge in [-0.05, 0) is 24.3 Å². The molecule has 0 bridgehead atoms. The van der Waals surface area contributed by atoms with Gasteiger partial charge in [-0.2, -0.15) is 0 Å². The minimum atomic E-state index is -3.49. The lowest BCUT2D eigenvalue weighted by Crippen LogP contribution is -2.14. The molecule has 0 N–H and O–H groups in total. The molecule has 0 saturated carbocycles. The van der Waals surface area contributed by atoms with Crippen molar-refractivity contribution in [3.63, 3.8) is 0 Å². The summed E-state index contributed by atoms with van der Waals surface area (Å²) in [5.41, 5.74) is 0. The van der Waals surface area contributed by atoms with Crippen LogP contribution in [-0.2, 0) is 14.6 Å². The number of benzene rings is 1. The Morgan fingerprint density at radius 2 is 1.87 bits per heavy atom. The van der Waals surface area contributed by atoms with E-state index >= 15 is 0 Å². The first-order chi connectivity index (χ1) is 6.95. The van der Waals surface area contributed by atoms with Crippen molar-refractivity contribution in [3.05, 3.63) is 30.1 Å². The maximum atomic E-state index is 12.6. The summed E-state index contributed by atoms with van der Waals surface area (Å²) in [4.78, 5) is 10.4. The molecule has 0 spiro atoms. The van der Waals surface area contributed by atoms with Crippen molar-refractivity contribution in [2.45, 2.75) is 11.8 Å². The topological polar surface area (TPSA) is 51.2 Å². The molecule has 0 fully saturated rings. The summed E-state index contributed by atoms with van der Waals surface area (Å²) in [6.07, 6.45) is 0.584. The Morgan fingerprint density at radius 1 is 1.33 bits per heavy atom. The van der Waals surface area contributed by atoms with E-state index in [0.29, 0.717) is 6.29 Å². The summed E-state index contributed by atoms with van der Waals surface area (Å²) in [5.74, 6) is -1.29. The lowest BCUT2D eigenvalue weighted by Gasteiger charge is -2.05. The molecule has 0 amide bonds. The standard InChI is InChI=1S/C10H11FO3S/c1-8(6-12)7-15(13,14)10-4-2-9(11)3-5-10/h2-6,8H,7H2,1H3. The van der Waals surface area contributed by atoms with E-state index in [-0.39, 0.29) is 10.6 Å². The van der Waals surface area contributed by atoms with Gasteiger partial charge in [0, 0.05) is 5.92 Å². The van der Waals surface area contributed by atoms with E-state index in [1.807, 2.05) is 0 Å². The van der Waals surface area contributed by atoms with Gasteiger partial charge in [0.1, 0.15) is 12.1 Å². The Balaban J connectivity index is 2.96. The molecule has 0 radical (unpaired) electrons.